The minimum Gasteiger partial charge on any atom is -0.338 e. The standard InChI is InChI=1S/C8H7F3N3O2S2/c9-8(10,11)14-18(15,16)17-7-4-2-1-3-6(7)12-5-13-17/h1-5,14H,(H,12,13)/q+1. The second kappa shape index (κ2) is 4.44. The Bertz CT molecular complexity index is 585. The molecular weight excluding hydrogens is 291 g/mol. The Hall–Kier alpha value is -1.26. The number of hydrogen-bond donors (Lipinski definition) is 2. The van der Waals surface area contributed by atoms with Gasteiger partial charge in [0.1, 0.15) is 6.34 Å². The summed E-state index contributed by atoms with van der Waals surface area (Å²) in [6.07, 6.45) is -3.94. The molecule has 0 saturated carbocycles. The average Bonchev–Trinajstić information content (AvgIpc) is 2.25. The summed E-state index contributed by atoms with van der Waals surface area (Å²) >= 11 is 0. The monoisotopic (exact) mass is 298 g/mol. The lowest BCUT2D eigenvalue weighted by Crippen LogP contribution is -2.41. The lowest BCUT2D eigenvalue weighted by molar-refractivity contribution is -0.137. The number of para-hydroxylation sites is 1. The van der Waals surface area contributed by atoms with Gasteiger partial charge in [-0.15, -0.1) is 0 Å². The molecule has 1 atom stereocenters. The Labute approximate surface area is 103 Å². The van der Waals surface area contributed by atoms with Crippen LogP contribution in [0.25, 0.3) is 0 Å². The Morgan fingerprint density at radius 2 is 1.94 bits per heavy atom. The summed E-state index contributed by atoms with van der Waals surface area (Å²) in [5, 5.41) is 2.67. The van der Waals surface area contributed by atoms with Crippen molar-refractivity contribution in [3.05, 3.63) is 24.3 Å². The van der Waals surface area contributed by atoms with Crippen LogP contribution in [0.1, 0.15) is 0 Å². The zero-order chi connectivity index (χ0) is 13.4. The first-order valence-corrected chi connectivity index (χ1v) is 7.71. The molecule has 5 nitrogen and oxygen atoms in total. The molecule has 98 valence electrons. The lowest BCUT2D eigenvalue weighted by atomic mass is 10.3. The summed E-state index contributed by atoms with van der Waals surface area (Å²) in [5.74, 6) is 0. The third-order valence-corrected chi connectivity index (χ3v) is 6.11. The fraction of sp³-hybridized carbons (Fsp3) is 0.125. The molecule has 1 aromatic carbocycles. The van der Waals surface area contributed by atoms with Crippen LogP contribution in [-0.2, 0) is 19.2 Å². The fourth-order valence-electron chi connectivity index (χ4n) is 1.29. The molecule has 2 N–H and O–H groups in total. The zero-order valence-electron chi connectivity index (χ0n) is 8.60. The van der Waals surface area contributed by atoms with Crippen LogP contribution >= 0.6 is 0 Å². The van der Waals surface area contributed by atoms with Gasteiger partial charge in [0, 0.05) is 0 Å². The van der Waals surface area contributed by atoms with Crippen molar-refractivity contribution in [1.29, 1.82) is 0 Å². The highest BCUT2D eigenvalue weighted by molar-refractivity contribution is 8.68. The Morgan fingerprint density at radius 1 is 1.28 bits per heavy atom. The van der Waals surface area contributed by atoms with E-state index in [4.69, 9.17) is 0 Å². The molecule has 0 amide bonds. The third kappa shape index (κ3) is 2.76. The number of anilines is 1. The topological polar surface area (TPSA) is 70.6 Å². The van der Waals surface area contributed by atoms with Crippen molar-refractivity contribution in [2.75, 3.05) is 5.32 Å². The van der Waals surface area contributed by atoms with Gasteiger partial charge >= 0.3 is 25.5 Å². The molecule has 1 heterocycles. The lowest BCUT2D eigenvalue weighted by Gasteiger charge is -2.12. The van der Waals surface area contributed by atoms with Crippen LogP contribution in [-0.4, -0.2) is 21.1 Å². The summed E-state index contributed by atoms with van der Waals surface area (Å²) in [7, 11) is -6.57. The molecule has 1 aromatic rings. The van der Waals surface area contributed by atoms with E-state index in [0.717, 1.165) is 6.34 Å². The number of hydrogen-bond acceptors (Lipinski definition) is 4. The van der Waals surface area contributed by atoms with Crippen LogP contribution in [0.15, 0.2) is 33.6 Å². The van der Waals surface area contributed by atoms with E-state index in [-0.39, 0.29) is 4.90 Å². The molecule has 0 bridgehead atoms. The van der Waals surface area contributed by atoms with Gasteiger partial charge in [0.25, 0.3) is 0 Å². The number of benzene rings is 1. The van der Waals surface area contributed by atoms with E-state index in [1.54, 1.807) is 12.1 Å². The second-order valence-corrected chi connectivity index (χ2v) is 7.70. The van der Waals surface area contributed by atoms with E-state index in [0.29, 0.717) is 10.4 Å². The molecule has 0 aliphatic carbocycles. The SMILES string of the molecule is O=S(=O)(NC(F)(F)F)[S+]1N=CNc2ccccc21. The first-order chi connectivity index (χ1) is 8.30. The quantitative estimate of drug-likeness (QED) is 0.492. The number of fused-ring (bicyclic) bond motifs is 1. The van der Waals surface area contributed by atoms with Crippen LogP contribution < -0.4 is 10.0 Å². The molecule has 10 heteroatoms. The van der Waals surface area contributed by atoms with Crippen LogP contribution in [0.3, 0.4) is 0 Å². The van der Waals surface area contributed by atoms with Crippen LogP contribution in [0.2, 0.25) is 0 Å². The normalized spacial score (nSPS) is 19.2. The predicted molar refractivity (Wildman–Crippen MR) is 62.3 cm³/mol. The van der Waals surface area contributed by atoms with Crippen LogP contribution in [0, 0.1) is 0 Å². The molecule has 0 aromatic heterocycles. The van der Waals surface area contributed by atoms with Crippen molar-refractivity contribution in [3.63, 3.8) is 0 Å². The van der Waals surface area contributed by atoms with Gasteiger partial charge in [-0.1, -0.05) is 16.9 Å². The average molecular weight is 298 g/mol. The summed E-state index contributed by atoms with van der Waals surface area (Å²) < 4.78 is 63.8. The molecule has 2 rings (SSSR count). The Balaban J connectivity index is 2.40. The van der Waals surface area contributed by atoms with Gasteiger partial charge in [0.2, 0.25) is 4.90 Å². The van der Waals surface area contributed by atoms with Gasteiger partial charge in [-0.05, 0) is 16.5 Å². The number of nitrogens with zero attached hydrogens (tertiary/aromatic N) is 1. The molecule has 1 unspecified atom stereocenters. The van der Waals surface area contributed by atoms with E-state index in [1.165, 1.54) is 12.1 Å². The van der Waals surface area contributed by atoms with E-state index >= 15 is 0 Å². The van der Waals surface area contributed by atoms with Crippen molar-refractivity contribution < 1.29 is 21.6 Å². The highest BCUT2D eigenvalue weighted by atomic mass is 33.2. The highest BCUT2D eigenvalue weighted by Crippen LogP contribution is 2.31. The molecule has 0 spiro atoms. The molecule has 0 radical (unpaired) electrons. The Morgan fingerprint density at radius 3 is 2.61 bits per heavy atom. The third-order valence-electron chi connectivity index (χ3n) is 1.89. The number of halogens is 3. The van der Waals surface area contributed by atoms with E-state index in [1.807, 2.05) is 0 Å². The van der Waals surface area contributed by atoms with Gasteiger partial charge < -0.3 is 5.32 Å². The summed E-state index contributed by atoms with van der Waals surface area (Å²) in [6.45, 7) is 0. The maximum absolute atomic E-state index is 12.1. The van der Waals surface area contributed by atoms with Crippen LogP contribution in [0.5, 0.6) is 0 Å². The maximum atomic E-state index is 12.1. The summed E-state index contributed by atoms with van der Waals surface area (Å²) in [5.41, 5.74) is 0.420. The molecular formula is C8H7F3N3O2S2+. The first-order valence-electron chi connectivity index (χ1n) is 4.53. The predicted octanol–water partition coefficient (Wildman–Crippen LogP) is 1.39. The first kappa shape index (κ1) is 13.2. The number of rotatable bonds is 2. The highest BCUT2D eigenvalue weighted by Gasteiger charge is 2.49. The summed E-state index contributed by atoms with van der Waals surface area (Å²) in [4.78, 5) is 0.191. The van der Waals surface area contributed by atoms with E-state index in [9.17, 15) is 21.6 Å². The molecule has 0 saturated heterocycles. The van der Waals surface area contributed by atoms with Gasteiger partial charge in [0.15, 0.2) is 0 Å². The molecule has 0 fully saturated rings. The number of alkyl halides is 3. The largest absolute Gasteiger partial charge is 0.474 e. The molecule has 18 heavy (non-hydrogen) atoms. The van der Waals surface area contributed by atoms with E-state index < -0.39 is 25.5 Å². The van der Waals surface area contributed by atoms with Gasteiger partial charge in [-0.3, -0.25) is 0 Å². The van der Waals surface area contributed by atoms with Crippen molar-refractivity contribution in [2.45, 2.75) is 11.2 Å². The Kier molecular flexibility index (Phi) is 3.25. The summed E-state index contributed by atoms with van der Waals surface area (Å²) in [6, 6.07) is 6.14. The van der Waals surface area contributed by atoms with E-state index in [2.05, 4.69) is 9.71 Å². The maximum Gasteiger partial charge on any atom is 0.474 e. The van der Waals surface area contributed by atoms with Crippen molar-refractivity contribution in [2.24, 2.45) is 4.40 Å². The zero-order valence-corrected chi connectivity index (χ0v) is 10.2. The minimum atomic E-state index is -5.01. The van der Waals surface area contributed by atoms with Gasteiger partial charge in [-0.2, -0.15) is 21.6 Å². The van der Waals surface area contributed by atoms with Gasteiger partial charge in [-0.25, -0.2) is 0 Å². The second-order valence-electron chi connectivity index (χ2n) is 3.18. The van der Waals surface area contributed by atoms with Crippen LogP contribution in [0.4, 0.5) is 18.9 Å². The van der Waals surface area contributed by atoms with Crippen molar-refractivity contribution in [1.82, 2.24) is 4.72 Å². The molecule has 1 aliphatic rings. The van der Waals surface area contributed by atoms with Crippen molar-refractivity contribution >= 4 is 31.2 Å². The fourth-order valence-corrected chi connectivity index (χ4v) is 4.91. The van der Waals surface area contributed by atoms with Gasteiger partial charge in [0.05, 0.1) is 5.69 Å². The minimum absolute atomic E-state index is 0.191. The number of nitrogens with one attached hydrogen (secondary N) is 2. The smallest absolute Gasteiger partial charge is 0.338 e. The molecule has 1 aliphatic heterocycles. The van der Waals surface area contributed by atoms with Crippen molar-refractivity contribution in [3.8, 4) is 0 Å².